The third kappa shape index (κ3) is 3.36. The van der Waals surface area contributed by atoms with Crippen LogP contribution in [0.5, 0.6) is 0 Å². The maximum atomic E-state index is 12.1. The minimum absolute atomic E-state index is 0.00637. The molecule has 112 valence electrons. The maximum Gasteiger partial charge on any atom is 0.328 e. The molecule has 2 atom stereocenters. The monoisotopic (exact) mass is 301 g/mol. The normalized spacial score (nSPS) is 29.9. The predicted molar refractivity (Wildman–Crippen MR) is 74.6 cm³/mol. The molecule has 2 rings (SSSR count). The Morgan fingerprint density at radius 3 is 2.95 bits per heavy atom. The van der Waals surface area contributed by atoms with Crippen LogP contribution in [0.2, 0.25) is 0 Å². The van der Waals surface area contributed by atoms with E-state index in [1.165, 1.54) is 0 Å². The number of amides is 3. The minimum Gasteiger partial charge on any atom is -0.480 e. The van der Waals surface area contributed by atoms with Crippen LogP contribution in [-0.2, 0) is 9.59 Å². The van der Waals surface area contributed by atoms with Crippen molar-refractivity contribution in [2.24, 2.45) is 0 Å². The van der Waals surface area contributed by atoms with Crippen LogP contribution in [-0.4, -0.2) is 64.1 Å². The number of carbonyl (C=O) groups excluding carboxylic acids is 2. The van der Waals surface area contributed by atoms with Gasteiger partial charge in [0.15, 0.2) is 0 Å². The molecule has 2 aliphatic heterocycles. The van der Waals surface area contributed by atoms with E-state index in [1.54, 1.807) is 0 Å². The summed E-state index contributed by atoms with van der Waals surface area (Å²) in [6.45, 7) is 2.31. The number of carbonyl (C=O) groups is 3. The fraction of sp³-hybridized carbons (Fsp3) is 0.750. The number of hydrogen-bond acceptors (Lipinski definition) is 4. The van der Waals surface area contributed by atoms with Gasteiger partial charge in [0.25, 0.3) is 0 Å². The van der Waals surface area contributed by atoms with E-state index in [0.717, 1.165) is 23.5 Å². The fourth-order valence-electron chi connectivity index (χ4n) is 2.42. The molecule has 20 heavy (non-hydrogen) atoms. The van der Waals surface area contributed by atoms with Gasteiger partial charge in [0.05, 0.1) is 0 Å². The van der Waals surface area contributed by atoms with Crippen molar-refractivity contribution in [3.05, 3.63) is 0 Å². The van der Waals surface area contributed by atoms with Gasteiger partial charge >= 0.3 is 12.0 Å². The Bertz CT molecular complexity index is 423. The van der Waals surface area contributed by atoms with E-state index in [2.05, 4.69) is 17.6 Å². The van der Waals surface area contributed by atoms with Crippen LogP contribution in [0.25, 0.3) is 0 Å². The summed E-state index contributed by atoms with van der Waals surface area (Å²) in [4.78, 5) is 35.7. The fourth-order valence-corrected chi connectivity index (χ4v) is 3.66. The molecule has 0 aliphatic carbocycles. The summed E-state index contributed by atoms with van der Waals surface area (Å²) in [5.74, 6) is -0.364. The minimum atomic E-state index is -1.11. The molecule has 3 amide bonds. The molecule has 2 heterocycles. The Balaban J connectivity index is 1.95. The number of nitrogens with zero attached hydrogens (tertiary/aromatic N) is 1. The first-order chi connectivity index (χ1) is 9.41. The summed E-state index contributed by atoms with van der Waals surface area (Å²) in [5, 5.41) is 14.3. The third-order valence-electron chi connectivity index (χ3n) is 3.64. The van der Waals surface area contributed by atoms with Crippen LogP contribution < -0.4 is 10.6 Å². The quantitative estimate of drug-likeness (QED) is 0.674. The van der Waals surface area contributed by atoms with Gasteiger partial charge in [-0.15, -0.1) is 0 Å². The van der Waals surface area contributed by atoms with Crippen LogP contribution in [0, 0.1) is 0 Å². The first-order valence-corrected chi connectivity index (χ1v) is 7.58. The van der Waals surface area contributed by atoms with Crippen LogP contribution >= 0.6 is 11.8 Å². The summed E-state index contributed by atoms with van der Waals surface area (Å²) >= 11 is 1.81. The lowest BCUT2D eigenvalue weighted by Crippen LogP contribution is -2.61. The molecular formula is C12H19N3O4S. The Labute approximate surface area is 121 Å². The van der Waals surface area contributed by atoms with Crippen molar-refractivity contribution in [2.45, 2.75) is 30.6 Å². The van der Waals surface area contributed by atoms with E-state index < -0.39 is 18.0 Å². The summed E-state index contributed by atoms with van der Waals surface area (Å²) in [7, 11) is 0. The second-order valence-electron chi connectivity index (χ2n) is 5.35. The topological polar surface area (TPSA) is 98.7 Å². The summed E-state index contributed by atoms with van der Waals surface area (Å²) < 4.78 is 0.00637. The average molecular weight is 301 g/mol. The molecule has 0 aromatic heterocycles. The predicted octanol–water partition coefficient (Wildman–Crippen LogP) is -0.133. The van der Waals surface area contributed by atoms with Crippen molar-refractivity contribution in [1.82, 2.24) is 15.5 Å². The largest absolute Gasteiger partial charge is 0.480 e. The van der Waals surface area contributed by atoms with Gasteiger partial charge in [0.2, 0.25) is 5.91 Å². The number of hydrogen-bond donors (Lipinski definition) is 3. The second-order valence-corrected chi connectivity index (χ2v) is 7.03. The van der Waals surface area contributed by atoms with E-state index in [4.69, 9.17) is 5.11 Å². The lowest BCUT2D eigenvalue weighted by atomic mass is 10.1. The SMILES string of the molecule is CC1(CNC(=O)N2CC(=O)NCC2C(=O)O)CCCS1. The number of nitrogens with one attached hydrogen (secondary N) is 2. The van der Waals surface area contributed by atoms with Gasteiger partial charge in [0, 0.05) is 17.8 Å². The Morgan fingerprint density at radius 1 is 1.60 bits per heavy atom. The smallest absolute Gasteiger partial charge is 0.328 e. The van der Waals surface area contributed by atoms with Gasteiger partial charge in [-0.2, -0.15) is 11.8 Å². The van der Waals surface area contributed by atoms with E-state index in [0.29, 0.717) is 6.54 Å². The Morgan fingerprint density at radius 2 is 2.35 bits per heavy atom. The Hall–Kier alpha value is -1.44. The highest BCUT2D eigenvalue weighted by atomic mass is 32.2. The average Bonchev–Trinajstić information content (AvgIpc) is 2.83. The van der Waals surface area contributed by atoms with Gasteiger partial charge in [-0.1, -0.05) is 0 Å². The molecule has 3 N–H and O–H groups in total. The number of urea groups is 1. The van der Waals surface area contributed by atoms with Crippen molar-refractivity contribution in [3.63, 3.8) is 0 Å². The van der Waals surface area contributed by atoms with Gasteiger partial charge in [-0.25, -0.2) is 9.59 Å². The number of rotatable bonds is 3. The van der Waals surface area contributed by atoms with E-state index in [-0.39, 0.29) is 23.7 Å². The van der Waals surface area contributed by atoms with Crippen LogP contribution in [0.4, 0.5) is 4.79 Å². The lowest BCUT2D eigenvalue weighted by molar-refractivity contribution is -0.144. The summed E-state index contributed by atoms with van der Waals surface area (Å²) in [6.07, 6.45) is 2.15. The van der Waals surface area contributed by atoms with Gasteiger partial charge < -0.3 is 15.7 Å². The molecule has 0 aromatic carbocycles. The van der Waals surface area contributed by atoms with E-state index in [1.807, 2.05) is 11.8 Å². The molecule has 2 fully saturated rings. The van der Waals surface area contributed by atoms with Gasteiger partial charge in [-0.3, -0.25) is 9.69 Å². The second kappa shape index (κ2) is 5.90. The zero-order valence-electron chi connectivity index (χ0n) is 11.3. The molecule has 0 radical (unpaired) electrons. The molecule has 7 nitrogen and oxygen atoms in total. The molecule has 2 aliphatic rings. The number of carboxylic acid groups (broad SMARTS) is 1. The first kappa shape index (κ1) is 15.0. The summed E-state index contributed by atoms with van der Waals surface area (Å²) in [5.41, 5.74) is 0. The van der Waals surface area contributed by atoms with Crippen molar-refractivity contribution < 1.29 is 19.5 Å². The number of thioether (sulfide) groups is 1. The highest BCUT2D eigenvalue weighted by molar-refractivity contribution is 8.00. The molecule has 2 saturated heterocycles. The standard InChI is InChI=1S/C12H19N3O4S/c1-12(3-2-4-20-12)7-14-11(19)15-6-9(16)13-5-8(15)10(17)18/h8H,2-7H2,1H3,(H,13,16)(H,14,19)(H,17,18). The van der Waals surface area contributed by atoms with Crippen LogP contribution in [0.15, 0.2) is 0 Å². The first-order valence-electron chi connectivity index (χ1n) is 6.59. The van der Waals surface area contributed by atoms with Crippen molar-refractivity contribution in [3.8, 4) is 0 Å². The molecule has 0 bridgehead atoms. The highest BCUT2D eigenvalue weighted by Crippen LogP contribution is 2.36. The van der Waals surface area contributed by atoms with Crippen LogP contribution in [0.3, 0.4) is 0 Å². The lowest BCUT2D eigenvalue weighted by Gasteiger charge is -2.33. The zero-order valence-corrected chi connectivity index (χ0v) is 12.2. The number of aliphatic carboxylic acids is 1. The molecular weight excluding hydrogens is 282 g/mol. The Kier molecular flexibility index (Phi) is 4.42. The zero-order chi connectivity index (χ0) is 14.8. The molecule has 0 aromatic rings. The summed E-state index contributed by atoms with van der Waals surface area (Å²) in [6, 6.07) is -1.49. The molecule has 0 saturated carbocycles. The van der Waals surface area contributed by atoms with Gasteiger partial charge in [-0.05, 0) is 25.5 Å². The maximum absolute atomic E-state index is 12.1. The number of carboxylic acids is 1. The van der Waals surface area contributed by atoms with E-state index in [9.17, 15) is 14.4 Å². The number of piperazine rings is 1. The highest BCUT2D eigenvalue weighted by Gasteiger charge is 2.36. The van der Waals surface area contributed by atoms with Crippen molar-refractivity contribution in [1.29, 1.82) is 0 Å². The van der Waals surface area contributed by atoms with Crippen molar-refractivity contribution >= 4 is 29.7 Å². The van der Waals surface area contributed by atoms with Crippen LogP contribution in [0.1, 0.15) is 19.8 Å². The van der Waals surface area contributed by atoms with E-state index >= 15 is 0 Å². The molecule has 2 unspecified atom stereocenters. The third-order valence-corrected chi connectivity index (χ3v) is 5.18. The molecule has 8 heteroatoms. The molecule has 0 spiro atoms. The van der Waals surface area contributed by atoms with Gasteiger partial charge in [0.1, 0.15) is 12.6 Å². The van der Waals surface area contributed by atoms with Crippen molar-refractivity contribution in [2.75, 3.05) is 25.4 Å².